The standard InChI is InChI=1S/C15H16O7/c1-7-5-10(18)15(21)13(20)11-8(17)3-2-4-9(11)22-14(15,6-16)12(7)19/h2-5,10,12,16-19,21H,6H2,1H3/t10-,12-,14-,15-/m0/s1. The number of carbonyl (C=O) groups is 1. The number of ketones is 1. The van der Waals surface area contributed by atoms with E-state index < -0.39 is 41.5 Å². The van der Waals surface area contributed by atoms with Crippen LogP contribution in [0, 0.1) is 0 Å². The van der Waals surface area contributed by atoms with Gasteiger partial charge in [-0.05, 0) is 24.6 Å². The Kier molecular flexibility index (Phi) is 3.09. The van der Waals surface area contributed by atoms with Gasteiger partial charge in [-0.2, -0.15) is 0 Å². The zero-order chi connectivity index (χ0) is 16.3. The van der Waals surface area contributed by atoms with Crippen molar-refractivity contribution in [2.45, 2.75) is 30.3 Å². The van der Waals surface area contributed by atoms with Crippen LogP contribution in [0.3, 0.4) is 0 Å². The highest BCUT2D eigenvalue weighted by molar-refractivity contribution is 6.09. The zero-order valence-corrected chi connectivity index (χ0v) is 11.7. The van der Waals surface area contributed by atoms with Gasteiger partial charge in [-0.15, -0.1) is 0 Å². The first-order chi connectivity index (χ1) is 10.3. The van der Waals surface area contributed by atoms with Crippen LogP contribution in [-0.4, -0.2) is 61.3 Å². The van der Waals surface area contributed by atoms with E-state index in [1.165, 1.54) is 25.1 Å². The lowest BCUT2D eigenvalue weighted by Gasteiger charge is -2.53. The highest BCUT2D eigenvalue weighted by atomic mass is 16.6. The molecule has 7 nitrogen and oxygen atoms in total. The second-order valence-electron chi connectivity index (χ2n) is 5.65. The number of rotatable bonds is 1. The maximum absolute atomic E-state index is 12.7. The number of carbonyl (C=O) groups excluding carboxylic acids is 1. The first kappa shape index (κ1) is 15.0. The van der Waals surface area contributed by atoms with Gasteiger partial charge in [0.05, 0.1) is 6.61 Å². The number of hydrogen-bond acceptors (Lipinski definition) is 7. The lowest BCUT2D eigenvalue weighted by atomic mass is 9.64. The molecule has 0 bridgehead atoms. The van der Waals surface area contributed by atoms with Crippen LogP contribution in [0.15, 0.2) is 29.8 Å². The molecule has 4 atom stereocenters. The van der Waals surface area contributed by atoms with Gasteiger partial charge in [0.2, 0.25) is 11.4 Å². The summed E-state index contributed by atoms with van der Waals surface area (Å²) in [4.78, 5) is 12.7. The molecule has 3 rings (SSSR count). The van der Waals surface area contributed by atoms with Crippen molar-refractivity contribution in [3.63, 3.8) is 0 Å². The predicted molar refractivity (Wildman–Crippen MR) is 73.6 cm³/mol. The van der Waals surface area contributed by atoms with Gasteiger partial charge in [0.25, 0.3) is 0 Å². The summed E-state index contributed by atoms with van der Waals surface area (Å²) >= 11 is 0. The number of aliphatic hydroxyl groups is 4. The van der Waals surface area contributed by atoms with Gasteiger partial charge >= 0.3 is 0 Å². The van der Waals surface area contributed by atoms with E-state index in [0.717, 1.165) is 6.08 Å². The summed E-state index contributed by atoms with van der Waals surface area (Å²) in [6.45, 7) is 0.574. The Morgan fingerprint density at radius 3 is 2.64 bits per heavy atom. The molecule has 22 heavy (non-hydrogen) atoms. The van der Waals surface area contributed by atoms with Crippen LogP contribution < -0.4 is 4.74 Å². The third kappa shape index (κ3) is 1.51. The van der Waals surface area contributed by atoms with E-state index in [2.05, 4.69) is 0 Å². The molecule has 0 saturated heterocycles. The zero-order valence-electron chi connectivity index (χ0n) is 11.7. The van der Waals surface area contributed by atoms with E-state index >= 15 is 0 Å². The molecule has 1 heterocycles. The Morgan fingerprint density at radius 2 is 2.00 bits per heavy atom. The van der Waals surface area contributed by atoms with Crippen molar-refractivity contribution in [3.8, 4) is 11.5 Å². The third-order valence-electron chi connectivity index (χ3n) is 4.47. The summed E-state index contributed by atoms with van der Waals surface area (Å²) in [5, 5.41) is 51.0. The summed E-state index contributed by atoms with van der Waals surface area (Å²) in [6.07, 6.45) is -2.08. The maximum Gasteiger partial charge on any atom is 0.209 e. The minimum absolute atomic E-state index is 0.0790. The van der Waals surface area contributed by atoms with Crippen molar-refractivity contribution < 1.29 is 35.1 Å². The number of aromatic hydroxyl groups is 1. The van der Waals surface area contributed by atoms with Crippen LogP contribution in [0.2, 0.25) is 0 Å². The van der Waals surface area contributed by atoms with Gasteiger partial charge in [-0.1, -0.05) is 12.1 Å². The molecule has 1 aromatic rings. The van der Waals surface area contributed by atoms with E-state index in [1.54, 1.807) is 0 Å². The SMILES string of the molecule is CC1=C[C@H](O)[C@]2(O)C(=O)c3c(O)cccc3O[C@@]2(CO)[C@H]1O. The van der Waals surface area contributed by atoms with Gasteiger partial charge in [0.15, 0.2) is 5.60 Å². The van der Waals surface area contributed by atoms with Crippen LogP contribution in [0.4, 0.5) is 0 Å². The third-order valence-corrected chi connectivity index (χ3v) is 4.47. The molecular weight excluding hydrogens is 292 g/mol. The smallest absolute Gasteiger partial charge is 0.209 e. The van der Waals surface area contributed by atoms with Gasteiger partial charge in [-0.25, -0.2) is 0 Å². The van der Waals surface area contributed by atoms with E-state index in [1.807, 2.05) is 0 Å². The Bertz CT molecular complexity index is 682. The molecule has 0 fully saturated rings. The van der Waals surface area contributed by atoms with Crippen molar-refractivity contribution >= 4 is 5.78 Å². The van der Waals surface area contributed by atoms with Crippen molar-refractivity contribution in [2.75, 3.05) is 6.61 Å². The molecule has 7 heteroatoms. The molecule has 0 saturated carbocycles. The number of hydrogen-bond donors (Lipinski definition) is 5. The van der Waals surface area contributed by atoms with Gasteiger partial charge in [-0.3, -0.25) is 4.79 Å². The van der Waals surface area contributed by atoms with Crippen LogP contribution in [0.25, 0.3) is 0 Å². The number of phenols is 1. The summed E-state index contributed by atoms with van der Waals surface area (Å²) in [5.74, 6) is -1.52. The van der Waals surface area contributed by atoms with Gasteiger partial charge in [0.1, 0.15) is 29.3 Å². The van der Waals surface area contributed by atoms with Crippen LogP contribution >= 0.6 is 0 Å². The van der Waals surface area contributed by atoms with E-state index in [0.29, 0.717) is 0 Å². The predicted octanol–water partition coefficient (Wildman–Crippen LogP) is -0.889. The van der Waals surface area contributed by atoms with Crippen molar-refractivity contribution in [1.29, 1.82) is 0 Å². The topological polar surface area (TPSA) is 127 Å². The van der Waals surface area contributed by atoms with Crippen LogP contribution in [-0.2, 0) is 0 Å². The Morgan fingerprint density at radius 1 is 1.32 bits per heavy atom. The molecule has 118 valence electrons. The second-order valence-corrected chi connectivity index (χ2v) is 5.65. The fourth-order valence-corrected chi connectivity index (χ4v) is 3.21. The minimum Gasteiger partial charge on any atom is -0.507 e. The molecule has 0 radical (unpaired) electrons. The average Bonchev–Trinajstić information content (AvgIpc) is 2.48. The first-order valence-corrected chi connectivity index (χ1v) is 6.73. The number of ether oxygens (including phenoxy) is 1. The molecule has 0 aromatic heterocycles. The number of fused-ring (bicyclic) bond motifs is 2. The molecule has 0 unspecified atom stereocenters. The molecule has 2 aliphatic rings. The minimum atomic E-state index is -2.62. The Hall–Kier alpha value is -1.93. The highest BCUT2D eigenvalue weighted by Crippen LogP contribution is 2.49. The largest absolute Gasteiger partial charge is 0.507 e. The molecule has 0 spiro atoms. The molecule has 1 aliphatic carbocycles. The highest BCUT2D eigenvalue weighted by Gasteiger charge is 2.70. The number of Topliss-reactive ketones (excluding diaryl/α,β-unsaturated/α-hetero) is 1. The summed E-state index contributed by atoms with van der Waals surface area (Å²) in [5.41, 5.74) is -4.81. The maximum atomic E-state index is 12.7. The molecule has 0 amide bonds. The first-order valence-electron chi connectivity index (χ1n) is 6.73. The van der Waals surface area contributed by atoms with Crippen LogP contribution in [0.5, 0.6) is 11.5 Å². The number of phenolic OH excluding ortho intramolecular Hbond substituents is 1. The Balaban J connectivity index is 2.32. The van der Waals surface area contributed by atoms with Crippen molar-refractivity contribution in [3.05, 3.63) is 35.4 Å². The van der Waals surface area contributed by atoms with Crippen molar-refractivity contribution in [1.82, 2.24) is 0 Å². The van der Waals surface area contributed by atoms with Gasteiger partial charge < -0.3 is 30.3 Å². The molecule has 1 aliphatic heterocycles. The normalized spacial score (nSPS) is 37.0. The lowest BCUT2D eigenvalue weighted by Crippen LogP contribution is -2.77. The van der Waals surface area contributed by atoms with Crippen molar-refractivity contribution in [2.24, 2.45) is 0 Å². The summed E-state index contributed by atoms with van der Waals surface area (Å²) in [6, 6.07) is 4.03. The fourth-order valence-electron chi connectivity index (χ4n) is 3.21. The molecule has 1 aromatic carbocycles. The van der Waals surface area contributed by atoms with Gasteiger partial charge in [0, 0.05) is 0 Å². The summed E-state index contributed by atoms with van der Waals surface area (Å²) in [7, 11) is 0. The number of benzene rings is 1. The molecule has 5 N–H and O–H groups in total. The van der Waals surface area contributed by atoms with E-state index in [-0.39, 0.29) is 16.9 Å². The monoisotopic (exact) mass is 308 g/mol. The average molecular weight is 308 g/mol. The van der Waals surface area contributed by atoms with E-state index in [9.17, 15) is 30.3 Å². The fraction of sp³-hybridized carbons (Fsp3) is 0.400. The lowest BCUT2D eigenvalue weighted by molar-refractivity contribution is -0.212. The summed E-state index contributed by atoms with van der Waals surface area (Å²) < 4.78 is 5.55. The second kappa shape index (κ2) is 4.53. The quantitative estimate of drug-likeness (QED) is 0.426. The Labute approximate surface area is 125 Å². The van der Waals surface area contributed by atoms with E-state index in [4.69, 9.17) is 4.74 Å². The molecular formula is C15H16O7. The van der Waals surface area contributed by atoms with Crippen LogP contribution in [0.1, 0.15) is 17.3 Å². The number of aliphatic hydroxyl groups excluding tert-OH is 3.